The second-order valence-corrected chi connectivity index (χ2v) is 9.10. The van der Waals surface area contributed by atoms with Gasteiger partial charge in [0, 0.05) is 78.5 Å². The number of carboxylic acids is 5. The van der Waals surface area contributed by atoms with Gasteiger partial charge in [-0.15, -0.1) is 0 Å². The Labute approximate surface area is 221 Å². The Balaban J connectivity index is 3.07. The lowest BCUT2D eigenvalue weighted by Crippen LogP contribution is -2.48. The standard InChI is InChI=1S/C22H40N6O10/c29-18(30)13-24-3-1-23-2-4-25(14-19(31)32)6-8-27(16-21(35)36)10-12-28(17-22(37)38)11-9-26(7-5-24)15-20(33)34/h23H,1-17H2,(H,29,30)(H,31,32)(H,33,34)(H,35,36)(H,37,38). The molecule has 0 bridgehead atoms. The first-order chi connectivity index (χ1) is 17.9. The minimum atomic E-state index is -1.09. The van der Waals surface area contributed by atoms with Crippen molar-refractivity contribution in [3.8, 4) is 0 Å². The summed E-state index contributed by atoms with van der Waals surface area (Å²) in [5, 5.41) is 49.6. The fourth-order valence-corrected chi connectivity index (χ4v) is 4.04. The van der Waals surface area contributed by atoms with Gasteiger partial charge in [0.2, 0.25) is 0 Å². The highest BCUT2D eigenvalue weighted by atomic mass is 16.4. The summed E-state index contributed by atoms with van der Waals surface area (Å²) in [6, 6.07) is 0. The van der Waals surface area contributed by atoms with Gasteiger partial charge < -0.3 is 30.8 Å². The van der Waals surface area contributed by atoms with Gasteiger partial charge in [-0.1, -0.05) is 0 Å². The predicted octanol–water partition coefficient (Wildman–Crippen LogP) is -3.48. The molecule has 1 aliphatic rings. The van der Waals surface area contributed by atoms with Crippen molar-refractivity contribution in [1.82, 2.24) is 29.8 Å². The van der Waals surface area contributed by atoms with Crippen LogP contribution in [0.4, 0.5) is 0 Å². The molecule has 16 heteroatoms. The van der Waals surface area contributed by atoms with Crippen molar-refractivity contribution in [2.24, 2.45) is 0 Å². The highest BCUT2D eigenvalue weighted by molar-refractivity contribution is 5.70. The van der Waals surface area contributed by atoms with E-state index < -0.39 is 29.8 Å². The molecule has 0 spiro atoms. The largest absolute Gasteiger partial charge is 0.480 e. The summed E-state index contributed by atoms with van der Waals surface area (Å²) in [5.74, 6) is -5.27. The molecule has 6 N–H and O–H groups in total. The van der Waals surface area contributed by atoms with E-state index in [4.69, 9.17) is 0 Å². The van der Waals surface area contributed by atoms with Crippen molar-refractivity contribution < 1.29 is 49.5 Å². The Bertz CT molecular complexity index is 732. The van der Waals surface area contributed by atoms with E-state index in [0.717, 1.165) is 0 Å². The van der Waals surface area contributed by atoms with E-state index in [-0.39, 0.29) is 85.1 Å². The van der Waals surface area contributed by atoms with Gasteiger partial charge in [0.05, 0.1) is 32.7 Å². The fraction of sp³-hybridized carbons (Fsp3) is 0.773. The molecule has 0 saturated carbocycles. The summed E-state index contributed by atoms with van der Waals surface area (Å²) in [4.78, 5) is 64.9. The van der Waals surface area contributed by atoms with Crippen molar-refractivity contribution in [2.45, 2.75) is 0 Å². The third-order valence-electron chi connectivity index (χ3n) is 5.93. The molecule has 16 nitrogen and oxygen atoms in total. The van der Waals surface area contributed by atoms with Crippen LogP contribution in [0.25, 0.3) is 0 Å². The quantitative estimate of drug-likeness (QED) is 0.156. The molecule has 1 rings (SSSR count). The normalized spacial score (nSPS) is 19.8. The second kappa shape index (κ2) is 18.4. The van der Waals surface area contributed by atoms with Crippen molar-refractivity contribution in [3.05, 3.63) is 0 Å². The zero-order valence-corrected chi connectivity index (χ0v) is 21.5. The predicted molar refractivity (Wildman–Crippen MR) is 133 cm³/mol. The summed E-state index contributed by atoms with van der Waals surface area (Å²) in [5.41, 5.74) is 0. The molecule has 38 heavy (non-hydrogen) atoms. The van der Waals surface area contributed by atoms with Crippen LogP contribution in [0, 0.1) is 0 Å². The van der Waals surface area contributed by atoms with E-state index in [1.165, 1.54) is 0 Å². The van der Waals surface area contributed by atoms with Gasteiger partial charge in [0.1, 0.15) is 0 Å². The molecular formula is C22H40N6O10. The number of hydrogen-bond donors (Lipinski definition) is 6. The first-order valence-electron chi connectivity index (χ1n) is 12.4. The van der Waals surface area contributed by atoms with E-state index in [0.29, 0.717) is 26.2 Å². The summed E-state index contributed by atoms with van der Waals surface area (Å²) in [7, 11) is 0. The monoisotopic (exact) mass is 548 g/mol. The highest BCUT2D eigenvalue weighted by Gasteiger charge is 2.20. The van der Waals surface area contributed by atoms with E-state index in [1.807, 2.05) is 0 Å². The topological polar surface area (TPSA) is 215 Å². The van der Waals surface area contributed by atoms with Crippen molar-refractivity contribution in [1.29, 1.82) is 0 Å². The Morgan fingerprint density at radius 3 is 0.763 bits per heavy atom. The number of nitrogens with one attached hydrogen (secondary N) is 1. The lowest BCUT2D eigenvalue weighted by atomic mass is 10.3. The van der Waals surface area contributed by atoms with Gasteiger partial charge in [0.25, 0.3) is 0 Å². The van der Waals surface area contributed by atoms with Gasteiger partial charge in [-0.05, 0) is 0 Å². The van der Waals surface area contributed by atoms with Crippen LogP contribution in [-0.4, -0.2) is 191 Å². The molecule has 0 unspecified atom stereocenters. The van der Waals surface area contributed by atoms with Crippen LogP contribution >= 0.6 is 0 Å². The summed E-state index contributed by atoms with van der Waals surface area (Å²) in [6.45, 7) is 2.04. The maximum absolute atomic E-state index is 11.4. The van der Waals surface area contributed by atoms with Crippen LogP contribution in [0.2, 0.25) is 0 Å². The van der Waals surface area contributed by atoms with Crippen LogP contribution in [0.15, 0.2) is 0 Å². The zero-order valence-electron chi connectivity index (χ0n) is 21.5. The maximum Gasteiger partial charge on any atom is 0.317 e. The van der Waals surface area contributed by atoms with Crippen LogP contribution < -0.4 is 5.32 Å². The Hall–Kier alpha value is -2.89. The molecule has 218 valence electrons. The Kier molecular flexibility index (Phi) is 16.0. The van der Waals surface area contributed by atoms with Gasteiger partial charge in [0.15, 0.2) is 0 Å². The van der Waals surface area contributed by atoms with Crippen LogP contribution in [0.1, 0.15) is 0 Å². The molecule has 1 aliphatic heterocycles. The third kappa shape index (κ3) is 16.8. The SMILES string of the molecule is O=C(O)CN1CCNCCN(CC(=O)O)CCN(CC(=O)O)CCN(CC(=O)O)CCN(CC(=O)O)CC1. The van der Waals surface area contributed by atoms with E-state index >= 15 is 0 Å². The minimum absolute atomic E-state index is 0.201. The first-order valence-corrected chi connectivity index (χ1v) is 12.4. The molecule has 0 atom stereocenters. The summed E-state index contributed by atoms with van der Waals surface area (Å²) < 4.78 is 0. The van der Waals surface area contributed by atoms with Crippen molar-refractivity contribution >= 4 is 29.8 Å². The van der Waals surface area contributed by atoms with E-state index in [1.54, 1.807) is 24.5 Å². The highest BCUT2D eigenvalue weighted by Crippen LogP contribution is 2.00. The molecule has 1 heterocycles. The van der Waals surface area contributed by atoms with Gasteiger partial charge >= 0.3 is 29.8 Å². The lowest BCUT2D eigenvalue weighted by molar-refractivity contribution is -0.141. The molecule has 0 amide bonds. The van der Waals surface area contributed by atoms with E-state index in [9.17, 15) is 49.5 Å². The van der Waals surface area contributed by atoms with Crippen LogP contribution in [0.5, 0.6) is 0 Å². The van der Waals surface area contributed by atoms with Crippen LogP contribution in [-0.2, 0) is 24.0 Å². The summed E-state index contributed by atoms with van der Waals surface area (Å²) >= 11 is 0. The minimum Gasteiger partial charge on any atom is -0.480 e. The maximum atomic E-state index is 11.4. The van der Waals surface area contributed by atoms with Crippen molar-refractivity contribution in [2.75, 3.05) is 111 Å². The average molecular weight is 549 g/mol. The molecule has 0 aliphatic carbocycles. The Morgan fingerprint density at radius 2 is 0.579 bits per heavy atom. The number of nitrogens with zero attached hydrogens (tertiary/aromatic N) is 5. The molecule has 1 fully saturated rings. The first kappa shape index (κ1) is 33.1. The number of hydrogen-bond acceptors (Lipinski definition) is 11. The Morgan fingerprint density at radius 1 is 0.395 bits per heavy atom. The molecule has 0 aromatic rings. The van der Waals surface area contributed by atoms with Gasteiger partial charge in [-0.3, -0.25) is 48.5 Å². The van der Waals surface area contributed by atoms with E-state index in [2.05, 4.69) is 5.32 Å². The molecule has 1 saturated heterocycles. The number of aliphatic carboxylic acids is 5. The zero-order chi connectivity index (χ0) is 28.5. The number of rotatable bonds is 10. The molecular weight excluding hydrogens is 508 g/mol. The number of carbonyl (C=O) groups is 5. The number of carboxylic acid groups (broad SMARTS) is 5. The summed E-state index contributed by atoms with van der Waals surface area (Å²) in [6.07, 6.45) is 0. The third-order valence-corrected chi connectivity index (χ3v) is 5.93. The molecule has 0 radical (unpaired) electrons. The molecule has 0 aromatic carbocycles. The fourth-order valence-electron chi connectivity index (χ4n) is 4.04. The van der Waals surface area contributed by atoms with Crippen molar-refractivity contribution in [3.63, 3.8) is 0 Å². The van der Waals surface area contributed by atoms with Gasteiger partial charge in [-0.2, -0.15) is 0 Å². The second-order valence-electron chi connectivity index (χ2n) is 9.10. The average Bonchev–Trinajstić information content (AvgIpc) is 2.78. The smallest absolute Gasteiger partial charge is 0.317 e. The lowest BCUT2D eigenvalue weighted by Gasteiger charge is -2.31. The molecule has 0 aromatic heterocycles. The van der Waals surface area contributed by atoms with Crippen LogP contribution in [0.3, 0.4) is 0 Å². The van der Waals surface area contributed by atoms with Gasteiger partial charge in [-0.25, -0.2) is 0 Å².